The van der Waals surface area contributed by atoms with Crippen LogP contribution >= 0.6 is 23.4 Å². The Bertz CT molecular complexity index is 526. The Labute approximate surface area is 123 Å². The lowest BCUT2D eigenvalue weighted by atomic mass is 10.2. The number of halogens is 1. The van der Waals surface area contributed by atoms with E-state index in [1.54, 1.807) is 0 Å². The maximum Gasteiger partial charge on any atom is 0.327 e. The van der Waals surface area contributed by atoms with Gasteiger partial charge in [0.1, 0.15) is 6.04 Å². The Hall–Kier alpha value is -1.80. The summed E-state index contributed by atoms with van der Waals surface area (Å²) in [5.41, 5.74) is 0.333. The lowest BCUT2D eigenvalue weighted by molar-refractivity contribution is -0.385. The van der Waals surface area contributed by atoms with Gasteiger partial charge in [-0.25, -0.2) is 4.79 Å². The maximum absolute atomic E-state index is 10.8. The molecule has 9 heteroatoms. The van der Waals surface area contributed by atoms with Gasteiger partial charge in [-0.3, -0.25) is 14.9 Å². The van der Waals surface area contributed by atoms with Crippen LogP contribution in [0.1, 0.15) is 5.56 Å². The van der Waals surface area contributed by atoms with Crippen LogP contribution in [0.3, 0.4) is 0 Å². The number of thioether (sulfide) groups is 1. The highest BCUT2D eigenvalue weighted by Crippen LogP contribution is 2.26. The van der Waals surface area contributed by atoms with Crippen molar-refractivity contribution in [2.45, 2.75) is 11.8 Å². The van der Waals surface area contributed by atoms with Crippen LogP contribution in [0.15, 0.2) is 18.2 Å². The number of rotatable bonds is 8. The van der Waals surface area contributed by atoms with Gasteiger partial charge in [-0.1, -0.05) is 11.6 Å². The quantitative estimate of drug-likeness (QED) is 0.429. The van der Waals surface area contributed by atoms with Crippen LogP contribution in [-0.2, 0) is 15.3 Å². The zero-order chi connectivity index (χ0) is 15.1. The third-order valence-corrected chi connectivity index (χ3v) is 3.67. The van der Waals surface area contributed by atoms with E-state index in [9.17, 15) is 19.7 Å². The standard InChI is InChI=1S/C11H11ClN2O5S/c12-8-1-2-10(14(18)19)7(3-8)4-20-5-9(11(16)17)13-6-15/h1-3,6,9H,4-5H2,(H,13,15)(H,16,17). The van der Waals surface area contributed by atoms with Crippen molar-refractivity contribution in [1.82, 2.24) is 5.32 Å². The number of amides is 1. The SMILES string of the molecule is O=CNC(CSCc1cc(Cl)ccc1[N+](=O)[O-])C(=O)O. The van der Waals surface area contributed by atoms with Gasteiger partial charge < -0.3 is 10.4 Å². The van der Waals surface area contributed by atoms with Crippen LogP contribution in [-0.4, -0.2) is 34.2 Å². The third-order valence-electron chi connectivity index (χ3n) is 2.35. The molecular formula is C11H11ClN2O5S. The number of carboxylic acids is 1. The number of nitro benzene ring substituents is 1. The molecule has 0 bridgehead atoms. The molecule has 1 atom stereocenters. The lowest BCUT2D eigenvalue weighted by Gasteiger charge is -2.10. The van der Waals surface area contributed by atoms with E-state index >= 15 is 0 Å². The molecule has 0 aliphatic rings. The summed E-state index contributed by atoms with van der Waals surface area (Å²) >= 11 is 6.94. The van der Waals surface area contributed by atoms with Crippen LogP contribution in [0.4, 0.5) is 5.69 Å². The number of nitrogens with one attached hydrogen (secondary N) is 1. The van der Waals surface area contributed by atoms with Crippen molar-refractivity contribution in [3.8, 4) is 0 Å². The number of hydrogen-bond donors (Lipinski definition) is 2. The number of aliphatic carboxylic acids is 1. The average Bonchev–Trinajstić information content (AvgIpc) is 2.37. The normalized spacial score (nSPS) is 11.7. The van der Waals surface area contributed by atoms with Gasteiger partial charge in [0.05, 0.1) is 4.92 Å². The summed E-state index contributed by atoms with van der Waals surface area (Å²) < 4.78 is 0. The van der Waals surface area contributed by atoms with Gasteiger partial charge in [-0.2, -0.15) is 11.8 Å². The molecule has 1 unspecified atom stereocenters. The zero-order valence-electron chi connectivity index (χ0n) is 10.1. The second-order valence-electron chi connectivity index (χ2n) is 3.72. The first-order valence-corrected chi connectivity index (χ1v) is 6.92. The average molecular weight is 319 g/mol. The van der Waals surface area contributed by atoms with Crippen molar-refractivity contribution in [3.63, 3.8) is 0 Å². The number of nitro groups is 1. The molecule has 108 valence electrons. The largest absolute Gasteiger partial charge is 0.480 e. The van der Waals surface area contributed by atoms with Crippen molar-refractivity contribution >= 4 is 41.4 Å². The fourth-order valence-electron chi connectivity index (χ4n) is 1.41. The number of carboxylic acid groups (broad SMARTS) is 1. The molecular weight excluding hydrogens is 308 g/mol. The Morgan fingerprint density at radius 2 is 2.30 bits per heavy atom. The molecule has 2 N–H and O–H groups in total. The van der Waals surface area contributed by atoms with E-state index in [4.69, 9.17) is 16.7 Å². The predicted molar refractivity (Wildman–Crippen MR) is 74.9 cm³/mol. The summed E-state index contributed by atoms with van der Waals surface area (Å²) in [6.07, 6.45) is 0.307. The Kier molecular flexibility index (Phi) is 6.26. The summed E-state index contributed by atoms with van der Waals surface area (Å²) in [5.74, 6) is -0.843. The second-order valence-corrected chi connectivity index (χ2v) is 5.19. The summed E-state index contributed by atoms with van der Waals surface area (Å²) in [4.78, 5) is 31.4. The first-order valence-electron chi connectivity index (χ1n) is 5.38. The van der Waals surface area contributed by atoms with Crippen molar-refractivity contribution < 1.29 is 19.6 Å². The molecule has 0 heterocycles. The topological polar surface area (TPSA) is 110 Å². The second kappa shape index (κ2) is 7.71. The maximum atomic E-state index is 10.8. The molecule has 0 saturated carbocycles. The van der Waals surface area contributed by atoms with E-state index < -0.39 is 16.9 Å². The van der Waals surface area contributed by atoms with E-state index in [0.29, 0.717) is 17.0 Å². The third kappa shape index (κ3) is 4.71. The fourth-order valence-corrected chi connectivity index (χ4v) is 2.65. The molecule has 0 aromatic heterocycles. The first kappa shape index (κ1) is 16.3. The Morgan fingerprint density at radius 1 is 1.60 bits per heavy atom. The highest BCUT2D eigenvalue weighted by molar-refractivity contribution is 7.98. The predicted octanol–water partition coefficient (Wildman–Crippen LogP) is 1.68. The van der Waals surface area contributed by atoms with Crippen LogP contribution in [0.25, 0.3) is 0 Å². The fraction of sp³-hybridized carbons (Fsp3) is 0.273. The van der Waals surface area contributed by atoms with E-state index in [0.717, 1.165) is 11.8 Å². The van der Waals surface area contributed by atoms with Crippen molar-refractivity contribution in [3.05, 3.63) is 38.9 Å². The minimum atomic E-state index is -1.16. The highest BCUT2D eigenvalue weighted by Gasteiger charge is 2.18. The molecule has 0 saturated heterocycles. The van der Waals surface area contributed by atoms with Gasteiger partial charge >= 0.3 is 5.97 Å². The summed E-state index contributed by atoms with van der Waals surface area (Å²) in [7, 11) is 0. The summed E-state index contributed by atoms with van der Waals surface area (Å²) in [6, 6.07) is 3.16. The van der Waals surface area contributed by atoms with Crippen LogP contribution < -0.4 is 5.32 Å². The molecule has 1 aromatic rings. The Morgan fingerprint density at radius 3 is 2.85 bits per heavy atom. The number of benzene rings is 1. The molecule has 0 fully saturated rings. The molecule has 20 heavy (non-hydrogen) atoms. The van der Waals surface area contributed by atoms with E-state index in [1.807, 2.05) is 0 Å². The first-order chi connectivity index (χ1) is 9.45. The summed E-state index contributed by atoms with van der Waals surface area (Å²) in [5, 5.41) is 22.2. The van der Waals surface area contributed by atoms with Crippen molar-refractivity contribution in [2.24, 2.45) is 0 Å². The van der Waals surface area contributed by atoms with E-state index in [-0.39, 0.29) is 17.2 Å². The summed E-state index contributed by atoms with van der Waals surface area (Å²) in [6.45, 7) is 0. The molecule has 0 spiro atoms. The van der Waals surface area contributed by atoms with E-state index in [2.05, 4.69) is 5.32 Å². The minimum Gasteiger partial charge on any atom is -0.480 e. The van der Waals surface area contributed by atoms with Crippen LogP contribution in [0, 0.1) is 10.1 Å². The molecule has 0 aliphatic heterocycles. The minimum absolute atomic E-state index is 0.0721. The molecule has 1 rings (SSSR count). The molecule has 0 aliphatic carbocycles. The van der Waals surface area contributed by atoms with Gasteiger partial charge in [0, 0.05) is 28.2 Å². The highest BCUT2D eigenvalue weighted by atomic mass is 35.5. The van der Waals surface area contributed by atoms with Crippen molar-refractivity contribution in [1.29, 1.82) is 0 Å². The van der Waals surface area contributed by atoms with Crippen LogP contribution in [0.5, 0.6) is 0 Å². The van der Waals surface area contributed by atoms with Gasteiger partial charge in [0.2, 0.25) is 6.41 Å². The molecule has 0 radical (unpaired) electrons. The smallest absolute Gasteiger partial charge is 0.327 e. The van der Waals surface area contributed by atoms with E-state index in [1.165, 1.54) is 18.2 Å². The van der Waals surface area contributed by atoms with Gasteiger partial charge in [-0.05, 0) is 12.1 Å². The number of carbonyl (C=O) groups excluding carboxylic acids is 1. The van der Waals surface area contributed by atoms with Crippen molar-refractivity contribution in [2.75, 3.05) is 5.75 Å². The lowest BCUT2D eigenvalue weighted by Crippen LogP contribution is -2.37. The van der Waals surface area contributed by atoms with Crippen LogP contribution in [0.2, 0.25) is 5.02 Å². The number of nitrogens with zero attached hydrogens (tertiary/aromatic N) is 1. The molecule has 1 amide bonds. The van der Waals surface area contributed by atoms with Gasteiger partial charge in [0.15, 0.2) is 0 Å². The number of hydrogen-bond acceptors (Lipinski definition) is 5. The Balaban J connectivity index is 2.69. The molecule has 1 aromatic carbocycles. The van der Waals surface area contributed by atoms with Gasteiger partial charge in [-0.15, -0.1) is 0 Å². The van der Waals surface area contributed by atoms with Gasteiger partial charge in [0.25, 0.3) is 5.69 Å². The monoisotopic (exact) mass is 318 g/mol. The zero-order valence-corrected chi connectivity index (χ0v) is 11.7. The molecule has 7 nitrogen and oxygen atoms in total. The number of carbonyl (C=O) groups is 2.